The van der Waals surface area contributed by atoms with Crippen molar-refractivity contribution in [2.45, 2.75) is 39.7 Å². The summed E-state index contributed by atoms with van der Waals surface area (Å²) in [7, 11) is 0. The van der Waals surface area contributed by atoms with E-state index in [1.165, 1.54) is 12.8 Å². The second-order valence-corrected chi connectivity index (χ2v) is 5.28. The number of hydrogen-bond acceptors (Lipinski definition) is 3. The molecule has 0 bridgehead atoms. The predicted molar refractivity (Wildman–Crippen MR) is 76.8 cm³/mol. The van der Waals surface area contributed by atoms with Crippen LogP contribution in [0.4, 0.5) is 10.2 Å². The minimum atomic E-state index is -0.152. The molecule has 1 atom stereocenters. The van der Waals surface area contributed by atoms with Crippen LogP contribution in [0.15, 0.2) is 12.3 Å². The van der Waals surface area contributed by atoms with Gasteiger partial charge in [-0.3, -0.25) is 0 Å². The van der Waals surface area contributed by atoms with E-state index in [2.05, 4.69) is 22.1 Å². The number of hydrogen-bond donors (Lipinski definition) is 1. The van der Waals surface area contributed by atoms with Crippen LogP contribution >= 0.6 is 0 Å². The van der Waals surface area contributed by atoms with Crippen LogP contribution in [0, 0.1) is 11.7 Å². The van der Waals surface area contributed by atoms with Crippen LogP contribution in [0.5, 0.6) is 0 Å². The molecular weight excluding hydrogens is 241 g/mol. The van der Waals surface area contributed by atoms with Gasteiger partial charge in [-0.25, -0.2) is 9.37 Å². The second-order valence-electron chi connectivity index (χ2n) is 5.28. The van der Waals surface area contributed by atoms with Crippen molar-refractivity contribution in [1.29, 1.82) is 0 Å². The summed E-state index contributed by atoms with van der Waals surface area (Å²) in [4.78, 5) is 6.35. The largest absolute Gasteiger partial charge is 0.354 e. The molecule has 0 aromatic carbocycles. The molecular formula is C15H24FN3. The number of aromatic nitrogens is 1. The number of pyridine rings is 1. The minimum absolute atomic E-state index is 0.152. The van der Waals surface area contributed by atoms with E-state index in [0.717, 1.165) is 26.1 Å². The van der Waals surface area contributed by atoms with Gasteiger partial charge in [-0.2, -0.15) is 0 Å². The van der Waals surface area contributed by atoms with Crippen molar-refractivity contribution in [3.05, 3.63) is 23.6 Å². The zero-order valence-corrected chi connectivity index (χ0v) is 12.0. The van der Waals surface area contributed by atoms with Gasteiger partial charge in [0.15, 0.2) is 11.6 Å². The summed E-state index contributed by atoms with van der Waals surface area (Å²) in [6, 6.07) is 1.76. The third-order valence-corrected chi connectivity index (χ3v) is 3.80. The van der Waals surface area contributed by atoms with Crippen molar-refractivity contribution in [1.82, 2.24) is 10.3 Å². The van der Waals surface area contributed by atoms with Crippen LogP contribution in [-0.4, -0.2) is 24.6 Å². The molecule has 1 aromatic heterocycles. The molecule has 0 amide bonds. The summed E-state index contributed by atoms with van der Waals surface area (Å²) in [6.45, 7) is 7.53. The fourth-order valence-corrected chi connectivity index (χ4v) is 2.76. The molecule has 0 aliphatic carbocycles. The van der Waals surface area contributed by atoms with Crippen molar-refractivity contribution >= 4 is 5.82 Å². The first kappa shape index (κ1) is 14.3. The number of halogens is 1. The van der Waals surface area contributed by atoms with Gasteiger partial charge in [0.2, 0.25) is 0 Å². The summed E-state index contributed by atoms with van der Waals surface area (Å²) in [5, 5.41) is 3.17. The van der Waals surface area contributed by atoms with Gasteiger partial charge in [0.1, 0.15) is 0 Å². The van der Waals surface area contributed by atoms with Crippen molar-refractivity contribution in [2.24, 2.45) is 5.92 Å². The van der Waals surface area contributed by atoms with Crippen LogP contribution in [0.2, 0.25) is 0 Å². The first-order valence-corrected chi connectivity index (χ1v) is 7.35. The van der Waals surface area contributed by atoms with Gasteiger partial charge in [-0.15, -0.1) is 0 Å². The Morgan fingerprint density at radius 2 is 2.32 bits per heavy atom. The van der Waals surface area contributed by atoms with E-state index in [-0.39, 0.29) is 5.82 Å². The number of nitrogens with one attached hydrogen (secondary N) is 1. The Bertz CT molecular complexity index is 408. The Labute approximate surface area is 115 Å². The molecule has 1 aliphatic rings. The van der Waals surface area contributed by atoms with E-state index >= 15 is 0 Å². The van der Waals surface area contributed by atoms with Crippen LogP contribution in [0.25, 0.3) is 0 Å². The van der Waals surface area contributed by atoms with Gasteiger partial charge in [-0.05, 0) is 31.4 Å². The molecule has 106 valence electrons. The molecule has 1 aliphatic heterocycles. The Balaban J connectivity index is 2.08. The molecule has 1 N–H and O–H groups in total. The molecule has 0 spiro atoms. The highest BCUT2D eigenvalue weighted by Gasteiger charge is 2.25. The Kier molecular flexibility index (Phi) is 5.14. The van der Waals surface area contributed by atoms with Crippen LogP contribution in [-0.2, 0) is 6.54 Å². The summed E-state index contributed by atoms with van der Waals surface area (Å²) in [5.74, 6) is 1.08. The molecule has 1 unspecified atom stereocenters. The molecule has 1 saturated heterocycles. The van der Waals surface area contributed by atoms with Gasteiger partial charge in [0.05, 0.1) is 0 Å². The van der Waals surface area contributed by atoms with Crippen LogP contribution < -0.4 is 10.2 Å². The molecule has 1 fully saturated rings. The van der Waals surface area contributed by atoms with E-state index in [9.17, 15) is 4.39 Å². The van der Waals surface area contributed by atoms with E-state index in [1.807, 2.05) is 6.92 Å². The lowest BCUT2D eigenvalue weighted by molar-refractivity contribution is 0.527. The molecule has 19 heavy (non-hydrogen) atoms. The van der Waals surface area contributed by atoms with Gasteiger partial charge >= 0.3 is 0 Å². The lowest BCUT2D eigenvalue weighted by Gasteiger charge is -2.19. The van der Waals surface area contributed by atoms with Crippen LogP contribution in [0.1, 0.15) is 38.7 Å². The monoisotopic (exact) mass is 265 g/mol. The smallest absolute Gasteiger partial charge is 0.170 e. The molecule has 2 rings (SSSR count). The zero-order chi connectivity index (χ0) is 13.7. The lowest BCUT2D eigenvalue weighted by Crippen LogP contribution is -2.23. The van der Waals surface area contributed by atoms with Gasteiger partial charge < -0.3 is 10.2 Å². The maximum atomic E-state index is 14.4. The molecule has 1 aromatic rings. The Hall–Kier alpha value is -1.16. The first-order chi connectivity index (χ1) is 9.26. The van der Waals surface area contributed by atoms with E-state index in [0.29, 0.717) is 23.8 Å². The number of nitrogens with zero attached hydrogens (tertiary/aromatic N) is 2. The van der Waals surface area contributed by atoms with Crippen LogP contribution in [0.3, 0.4) is 0 Å². The minimum Gasteiger partial charge on any atom is -0.354 e. The molecule has 3 nitrogen and oxygen atoms in total. The summed E-state index contributed by atoms with van der Waals surface area (Å²) in [5.41, 5.74) is 0.714. The second kappa shape index (κ2) is 6.85. The third-order valence-electron chi connectivity index (χ3n) is 3.80. The van der Waals surface area contributed by atoms with Crippen molar-refractivity contribution < 1.29 is 4.39 Å². The highest BCUT2D eigenvalue weighted by atomic mass is 19.1. The molecule has 0 saturated carbocycles. The summed E-state index contributed by atoms with van der Waals surface area (Å²) >= 11 is 0. The fraction of sp³-hybridized carbons (Fsp3) is 0.667. The van der Waals surface area contributed by atoms with Gasteiger partial charge in [0, 0.05) is 31.4 Å². The quantitative estimate of drug-likeness (QED) is 0.857. The first-order valence-electron chi connectivity index (χ1n) is 7.35. The van der Waals surface area contributed by atoms with E-state index in [1.54, 1.807) is 12.3 Å². The maximum absolute atomic E-state index is 14.4. The zero-order valence-electron chi connectivity index (χ0n) is 12.0. The Morgan fingerprint density at radius 3 is 3.05 bits per heavy atom. The van der Waals surface area contributed by atoms with Gasteiger partial charge in [0.25, 0.3) is 0 Å². The molecule has 4 heteroatoms. The predicted octanol–water partition coefficient (Wildman–Crippen LogP) is 2.96. The van der Waals surface area contributed by atoms with E-state index in [4.69, 9.17) is 0 Å². The normalized spacial score (nSPS) is 19.1. The fourth-order valence-electron chi connectivity index (χ4n) is 2.76. The topological polar surface area (TPSA) is 28.2 Å². The van der Waals surface area contributed by atoms with Gasteiger partial charge in [-0.1, -0.05) is 20.3 Å². The highest BCUT2D eigenvalue weighted by Crippen LogP contribution is 2.27. The summed E-state index contributed by atoms with van der Waals surface area (Å²) in [6.07, 6.45) is 5.31. The highest BCUT2D eigenvalue weighted by molar-refractivity contribution is 5.44. The van der Waals surface area contributed by atoms with Crippen molar-refractivity contribution in [3.63, 3.8) is 0 Å². The SMILES string of the molecule is CCCC1CCN(c2nccc(CNCC)c2F)C1. The average Bonchev–Trinajstić information content (AvgIpc) is 2.86. The average molecular weight is 265 g/mol. The maximum Gasteiger partial charge on any atom is 0.170 e. The molecule has 0 radical (unpaired) electrons. The lowest BCUT2D eigenvalue weighted by atomic mass is 10.0. The standard InChI is InChI=1S/C15H24FN3/c1-3-5-12-7-9-19(11-12)15-14(16)13(6-8-18-15)10-17-4-2/h6,8,12,17H,3-5,7,9-11H2,1-2H3. The van der Waals surface area contributed by atoms with E-state index < -0.39 is 0 Å². The molecule has 2 heterocycles. The third kappa shape index (κ3) is 3.44. The Morgan fingerprint density at radius 1 is 1.47 bits per heavy atom. The van der Waals surface area contributed by atoms with Crippen molar-refractivity contribution in [3.8, 4) is 0 Å². The number of anilines is 1. The summed E-state index contributed by atoms with van der Waals surface area (Å²) < 4.78 is 14.4. The van der Waals surface area contributed by atoms with Crippen molar-refractivity contribution in [2.75, 3.05) is 24.5 Å². The number of rotatable bonds is 6.